The Labute approximate surface area is 127 Å². The molecule has 0 aliphatic carbocycles. The Kier molecular flexibility index (Phi) is 5.03. The summed E-state index contributed by atoms with van der Waals surface area (Å²) in [5, 5.41) is 0. The van der Waals surface area contributed by atoms with Gasteiger partial charge in [0, 0.05) is 6.04 Å². The topological polar surface area (TPSA) is 35.2 Å². The summed E-state index contributed by atoms with van der Waals surface area (Å²) in [6.45, 7) is 8.50. The summed E-state index contributed by atoms with van der Waals surface area (Å²) < 4.78 is 6.08. The van der Waals surface area contributed by atoms with Crippen molar-refractivity contribution in [3.8, 4) is 11.5 Å². The van der Waals surface area contributed by atoms with Crippen molar-refractivity contribution in [2.24, 2.45) is 5.73 Å². The molecule has 2 aromatic rings. The molecule has 2 nitrogen and oxygen atoms in total. The molecule has 0 saturated carbocycles. The number of ether oxygens (including phenoxy) is 1. The lowest BCUT2D eigenvalue weighted by molar-refractivity contribution is 0.472. The molecule has 0 fully saturated rings. The SMILES string of the molecule is Cc1cc(Oc2ccccc2C(C)C)ccc1CC(C)N. The van der Waals surface area contributed by atoms with E-state index in [0.29, 0.717) is 5.92 Å². The molecule has 0 heterocycles. The minimum absolute atomic E-state index is 0.178. The van der Waals surface area contributed by atoms with Gasteiger partial charge in [-0.2, -0.15) is 0 Å². The van der Waals surface area contributed by atoms with Gasteiger partial charge >= 0.3 is 0 Å². The summed E-state index contributed by atoms with van der Waals surface area (Å²) in [5.41, 5.74) is 9.62. The van der Waals surface area contributed by atoms with Crippen molar-refractivity contribution in [1.29, 1.82) is 0 Å². The molecule has 0 bridgehead atoms. The van der Waals surface area contributed by atoms with Crippen LogP contribution in [0.25, 0.3) is 0 Å². The van der Waals surface area contributed by atoms with Crippen LogP contribution in [0.5, 0.6) is 11.5 Å². The maximum atomic E-state index is 6.08. The highest BCUT2D eigenvalue weighted by molar-refractivity contribution is 5.42. The van der Waals surface area contributed by atoms with Gasteiger partial charge in [0.15, 0.2) is 0 Å². The van der Waals surface area contributed by atoms with Gasteiger partial charge in [-0.3, -0.25) is 0 Å². The van der Waals surface area contributed by atoms with E-state index in [2.05, 4.69) is 45.0 Å². The first kappa shape index (κ1) is 15.6. The molecule has 0 radical (unpaired) electrons. The van der Waals surface area contributed by atoms with Crippen molar-refractivity contribution in [2.75, 3.05) is 0 Å². The summed E-state index contributed by atoms with van der Waals surface area (Å²) in [4.78, 5) is 0. The number of nitrogens with two attached hydrogens (primary N) is 1. The van der Waals surface area contributed by atoms with E-state index in [0.717, 1.165) is 17.9 Å². The van der Waals surface area contributed by atoms with Crippen LogP contribution in [0.3, 0.4) is 0 Å². The van der Waals surface area contributed by atoms with E-state index in [1.807, 2.05) is 25.1 Å². The third-order valence-corrected chi connectivity index (χ3v) is 3.62. The first-order valence-electron chi connectivity index (χ1n) is 7.59. The van der Waals surface area contributed by atoms with E-state index in [-0.39, 0.29) is 6.04 Å². The highest BCUT2D eigenvalue weighted by Gasteiger charge is 2.09. The van der Waals surface area contributed by atoms with Gasteiger partial charge in [0.2, 0.25) is 0 Å². The Balaban J connectivity index is 2.23. The molecule has 2 rings (SSSR count). The van der Waals surface area contributed by atoms with Gasteiger partial charge in [0.05, 0.1) is 0 Å². The van der Waals surface area contributed by atoms with Crippen LogP contribution >= 0.6 is 0 Å². The number of benzene rings is 2. The largest absolute Gasteiger partial charge is 0.457 e. The maximum Gasteiger partial charge on any atom is 0.130 e. The molecule has 1 unspecified atom stereocenters. The maximum absolute atomic E-state index is 6.08. The molecule has 112 valence electrons. The molecule has 0 spiro atoms. The number of rotatable bonds is 5. The summed E-state index contributed by atoms with van der Waals surface area (Å²) in [7, 11) is 0. The second-order valence-electron chi connectivity index (χ2n) is 6.06. The fraction of sp³-hybridized carbons (Fsp3) is 0.368. The Morgan fingerprint density at radius 1 is 1.05 bits per heavy atom. The molecule has 1 atom stereocenters. The third-order valence-electron chi connectivity index (χ3n) is 3.62. The number of aryl methyl sites for hydroxylation is 1. The molecule has 0 amide bonds. The quantitative estimate of drug-likeness (QED) is 0.855. The van der Waals surface area contributed by atoms with Crippen LogP contribution in [0.4, 0.5) is 0 Å². The zero-order valence-electron chi connectivity index (χ0n) is 13.4. The molecular weight excluding hydrogens is 258 g/mol. The lowest BCUT2D eigenvalue weighted by atomic mass is 10.0. The lowest BCUT2D eigenvalue weighted by Crippen LogP contribution is -2.18. The second kappa shape index (κ2) is 6.77. The zero-order chi connectivity index (χ0) is 15.4. The fourth-order valence-electron chi connectivity index (χ4n) is 2.49. The Morgan fingerprint density at radius 2 is 1.76 bits per heavy atom. The van der Waals surface area contributed by atoms with Crippen LogP contribution in [0.15, 0.2) is 42.5 Å². The average Bonchev–Trinajstić information content (AvgIpc) is 2.42. The monoisotopic (exact) mass is 283 g/mol. The minimum atomic E-state index is 0.178. The average molecular weight is 283 g/mol. The molecule has 2 N–H and O–H groups in total. The van der Waals surface area contributed by atoms with Crippen molar-refractivity contribution >= 4 is 0 Å². The minimum Gasteiger partial charge on any atom is -0.457 e. The summed E-state index contributed by atoms with van der Waals surface area (Å²) >= 11 is 0. The number of para-hydroxylation sites is 1. The van der Waals surface area contributed by atoms with Crippen LogP contribution in [-0.2, 0) is 6.42 Å². The molecule has 21 heavy (non-hydrogen) atoms. The predicted octanol–water partition coefficient (Wildman–Crippen LogP) is 4.80. The lowest BCUT2D eigenvalue weighted by Gasteiger charge is -2.15. The molecule has 0 aliphatic heterocycles. The van der Waals surface area contributed by atoms with E-state index in [1.165, 1.54) is 16.7 Å². The summed E-state index contributed by atoms with van der Waals surface area (Å²) in [6, 6.07) is 14.6. The standard InChI is InChI=1S/C19H25NO/c1-13(2)18-7-5-6-8-19(18)21-17-10-9-16(12-15(4)20)14(3)11-17/h5-11,13,15H,12,20H2,1-4H3. The highest BCUT2D eigenvalue weighted by Crippen LogP contribution is 2.31. The fourth-order valence-corrected chi connectivity index (χ4v) is 2.49. The van der Waals surface area contributed by atoms with Crippen LogP contribution in [-0.4, -0.2) is 6.04 Å². The van der Waals surface area contributed by atoms with Crippen molar-refractivity contribution in [3.05, 3.63) is 59.2 Å². The van der Waals surface area contributed by atoms with Crippen LogP contribution < -0.4 is 10.5 Å². The Morgan fingerprint density at radius 3 is 2.38 bits per heavy atom. The predicted molar refractivity (Wildman–Crippen MR) is 89.1 cm³/mol. The Bertz CT molecular complexity index is 602. The summed E-state index contributed by atoms with van der Waals surface area (Å²) in [5.74, 6) is 2.26. The smallest absolute Gasteiger partial charge is 0.130 e. The number of hydrogen-bond acceptors (Lipinski definition) is 2. The molecular formula is C19H25NO. The van der Waals surface area contributed by atoms with Crippen LogP contribution in [0, 0.1) is 6.92 Å². The highest BCUT2D eigenvalue weighted by atomic mass is 16.5. The van der Waals surface area contributed by atoms with Gasteiger partial charge in [-0.25, -0.2) is 0 Å². The summed E-state index contributed by atoms with van der Waals surface area (Å²) in [6.07, 6.45) is 0.898. The Hall–Kier alpha value is -1.80. The van der Waals surface area contributed by atoms with Crippen molar-refractivity contribution in [3.63, 3.8) is 0 Å². The van der Waals surface area contributed by atoms with E-state index < -0.39 is 0 Å². The molecule has 0 aromatic heterocycles. The van der Waals surface area contributed by atoms with Crippen LogP contribution in [0.2, 0.25) is 0 Å². The van der Waals surface area contributed by atoms with Crippen LogP contribution in [0.1, 0.15) is 43.4 Å². The normalized spacial score (nSPS) is 12.5. The van der Waals surface area contributed by atoms with E-state index in [4.69, 9.17) is 10.5 Å². The van der Waals surface area contributed by atoms with Gasteiger partial charge in [0.1, 0.15) is 11.5 Å². The van der Waals surface area contributed by atoms with Gasteiger partial charge in [-0.15, -0.1) is 0 Å². The van der Waals surface area contributed by atoms with Crippen molar-refractivity contribution in [2.45, 2.75) is 46.1 Å². The second-order valence-corrected chi connectivity index (χ2v) is 6.06. The molecule has 2 aromatic carbocycles. The third kappa shape index (κ3) is 4.08. The van der Waals surface area contributed by atoms with Gasteiger partial charge < -0.3 is 10.5 Å². The van der Waals surface area contributed by atoms with E-state index in [1.54, 1.807) is 0 Å². The van der Waals surface area contributed by atoms with E-state index >= 15 is 0 Å². The van der Waals surface area contributed by atoms with Crippen molar-refractivity contribution in [1.82, 2.24) is 0 Å². The van der Waals surface area contributed by atoms with Gasteiger partial charge in [-0.05, 0) is 61.1 Å². The molecule has 2 heteroatoms. The zero-order valence-corrected chi connectivity index (χ0v) is 13.4. The molecule has 0 saturated heterocycles. The van der Waals surface area contributed by atoms with Gasteiger partial charge in [0.25, 0.3) is 0 Å². The first-order valence-corrected chi connectivity index (χ1v) is 7.59. The van der Waals surface area contributed by atoms with Gasteiger partial charge in [-0.1, -0.05) is 38.1 Å². The van der Waals surface area contributed by atoms with Crippen molar-refractivity contribution < 1.29 is 4.74 Å². The molecule has 0 aliphatic rings. The first-order chi connectivity index (χ1) is 9.97. The van der Waals surface area contributed by atoms with E-state index in [9.17, 15) is 0 Å². The number of hydrogen-bond donors (Lipinski definition) is 1.